The van der Waals surface area contributed by atoms with E-state index < -0.39 is 17.8 Å². The standard InChI is InChI=1S/C15H16N2O4/c18-13-2-1-7-17(13)10-5-3-9(4-6-10)16-14(19)11-8-12(11)15(20)21/h3-6,11-12H,1-2,7-8H2,(H,16,19)(H,20,21). The number of nitrogens with one attached hydrogen (secondary N) is 1. The molecular formula is C15H16N2O4. The van der Waals surface area contributed by atoms with E-state index in [1.807, 2.05) is 0 Å². The predicted molar refractivity (Wildman–Crippen MR) is 75.9 cm³/mol. The van der Waals surface area contributed by atoms with E-state index in [9.17, 15) is 14.4 Å². The third kappa shape index (κ3) is 2.74. The van der Waals surface area contributed by atoms with Crippen molar-refractivity contribution in [3.05, 3.63) is 24.3 Å². The largest absolute Gasteiger partial charge is 0.481 e. The van der Waals surface area contributed by atoms with Gasteiger partial charge in [-0.2, -0.15) is 0 Å². The number of carbonyl (C=O) groups excluding carboxylic acids is 2. The Balaban J connectivity index is 1.61. The molecule has 1 saturated heterocycles. The fourth-order valence-corrected chi connectivity index (χ4v) is 2.64. The van der Waals surface area contributed by atoms with Crippen molar-refractivity contribution >= 4 is 29.2 Å². The van der Waals surface area contributed by atoms with Crippen LogP contribution in [0, 0.1) is 11.8 Å². The van der Waals surface area contributed by atoms with Crippen molar-refractivity contribution in [3.63, 3.8) is 0 Å². The van der Waals surface area contributed by atoms with E-state index >= 15 is 0 Å². The van der Waals surface area contributed by atoms with Crippen LogP contribution in [0.5, 0.6) is 0 Å². The summed E-state index contributed by atoms with van der Waals surface area (Å²) in [4.78, 5) is 35.9. The van der Waals surface area contributed by atoms with Crippen LogP contribution in [0.2, 0.25) is 0 Å². The number of aliphatic carboxylic acids is 1. The van der Waals surface area contributed by atoms with Gasteiger partial charge in [-0.3, -0.25) is 14.4 Å². The second-order valence-corrected chi connectivity index (χ2v) is 5.47. The number of amides is 2. The van der Waals surface area contributed by atoms with E-state index in [0.29, 0.717) is 18.5 Å². The van der Waals surface area contributed by atoms with Gasteiger partial charge in [-0.05, 0) is 37.1 Å². The number of hydrogen-bond acceptors (Lipinski definition) is 3. The Labute approximate surface area is 121 Å². The summed E-state index contributed by atoms with van der Waals surface area (Å²) in [6, 6.07) is 7.05. The zero-order chi connectivity index (χ0) is 15.0. The minimum Gasteiger partial charge on any atom is -0.481 e. The average molecular weight is 288 g/mol. The molecule has 0 spiro atoms. The lowest BCUT2D eigenvalue weighted by Gasteiger charge is -2.16. The van der Waals surface area contributed by atoms with Crippen LogP contribution >= 0.6 is 0 Å². The molecule has 110 valence electrons. The zero-order valence-electron chi connectivity index (χ0n) is 11.4. The number of benzene rings is 1. The second kappa shape index (κ2) is 5.20. The van der Waals surface area contributed by atoms with E-state index in [1.54, 1.807) is 29.2 Å². The fourth-order valence-electron chi connectivity index (χ4n) is 2.64. The first-order valence-electron chi connectivity index (χ1n) is 7.00. The number of rotatable bonds is 4. The van der Waals surface area contributed by atoms with Crippen LogP contribution in [0.25, 0.3) is 0 Å². The number of carboxylic acid groups (broad SMARTS) is 1. The molecule has 1 aromatic carbocycles. The maximum Gasteiger partial charge on any atom is 0.307 e. The summed E-state index contributed by atoms with van der Waals surface area (Å²) in [5.41, 5.74) is 1.44. The molecule has 2 fully saturated rings. The van der Waals surface area contributed by atoms with Crippen molar-refractivity contribution < 1.29 is 19.5 Å². The molecule has 1 aliphatic heterocycles. The number of hydrogen-bond donors (Lipinski definition) is 2. The summed E-state index contributed by atoms with van der Waals surface area (Å²) in [7, 11) is 0. The lowest BCUT2D eigenvalue weighted by Crippen LogP contribution is -2.23. The molecule has 2 amide bonds. The third-order valence-corrected chi connectivity index (χ3v) is 3.96. The summed E-state index contributed by atoms with van der Waals surface area (Å²) in [5, 5.41) is 11.5. The van der Waals surface area contributed by atoms with Crippen LogP contribution < -0.4 is 10.2 Å². The van der Waals surface area contributed by atoms with Gasteiger partial charge in [-0.15, -0.1) is 0 Å². The molecule has 6 heteroatoms. The Kier molecular flexibility index (Phi) is 3.37. The van der Waals surface area contributed by atoms with Gasteiger partial charge in [0.25, 0.3) is 0 Å². The van der Waals surface area contributed by atoms with Crippen LogP contribution in [0.4, 0.5) is 11.4 Å². The SMILES string of the molecule is O=C(O)C1CC1C(=O)Nc1ccc(N2CCCC2=O)cc1. The van der Waals surface area contributed by atoms with Gasteiger partial charge in [0.2, 0.25) is 11.8 Å². The average Bonchev–Trinajstić information content (AvgIpc) is 3.16. The summed E-state index contributed by atoms with van der Waals surface area (Å²) in [6.07, 6.45) is 1.86. The second-order valence-electron chi connectivity index (χ2n) is 5.47. The molecule has 21 heavy (non-hydrogen) atoms. The topological polar surface area (TPSA) is 86.7 Å². The Morgan fingerprint density at radius 3 is 2.43 bits per heavy atom. The molecule has 0 aromatic heterocycles. The van der Waals surface area contributed by atoms with Crippen molar-refractivity contribution in [3.8, 4) is 0 Å². The predicted octanol–water partition coefficient (Wildman–Crippen LogP) is 1.47. The highest BCUT2D eigenvalue weighted by Gasteiger charge is 2.48. The first kappa shape index (κ1) is 13.6. The highest BCUT2D eigenvalue weighted by atomic mass is 16.4. The Bertz CT molecular complexity index is 596. The molecule has 2 aliphatic rings. The summed E-state index contributed by atoms with van der Waals surface area (Å²) >= 11 is 0. The highest BCUT2D eigenvalue weighted by Crippen LogP contribution is 2.39. The Morgan fingerprint density at radius 2 is 1.90 bits per heavy atom. The van der Waals surface area contributed by atoms with Gasteiger partial charge in [-0.25, -0.2) is 0 Å². The van der Waals surface area contributed by atoms with Crippen LogP contribution in [0.15, 0.2) is 24.3 Å². The molecule has 1 aliphatic carbocycles. The number of anilines is 2. The van der Waals surface area contributed by atoms with Crippen LogP contribution in [-0.4, -0.2) is 29.4 Å². The molecule has 2 N–H and O–H groups in total. The van der Waals surface area contributed by atoms with Gasteiger partial charge >= 0.3 is 5.97 Å². The number of carboxylic acids is 1. The highest BCUT2D eigenvalue weighted by molar-refractivity contribution is 5.99. The summed E-state index contributed by atoms with van der Waals surface area (Å²) in [6.45, 7) is 0.729. The molecular weight excluding hydrogens is 272 g/mol. The molecule has 0 radical (unpaired) electrons. The van der Waals surface area contributed by atoms with Gasteiger partial charge < -0.3 is 15.3 Å². The number of nitrogens with zero attached hydrogens (tertiary/aromatic N) is 1. The summed E-state index contributed by atoms with van der Waals surface area (Å²) in [5.74, 6) is -2.03. The molecule has 1 heterocycles. The van der Waals surface area contributed by atoms with Gasteiger partial charge in [0.15, 0.2) is 0 Å². The van der Waals surface area contributed by atoms with E-state index in [4.69, 9.17) is 5.11 Å². The lowest BCUT2D eigenvalue weighted by atomic mass is 10.2. The minimum absolute atomic E-state index is 0.120. The molecule has 3 rings (SSSR count). The normalized spacial score (nSPS) is 24.0. The maximum absolute atomic E-state index is 11.8. The first-order valence-corrected chi connectivity index (χ1v) is 7.00. The monoisotopic (exact) mass is 288 g/mol. The van der Waals surface area contributed by atoms with E-state index in [2.05, 4.69) is 5.32 Å². The maximum atomic E-state index is 11.8. The summed E-state index contributed by atoms with van der Waals surface area (Å²) < 4.78 is 0. The Morgan fingerprint density at radius 1 is 1.19 bits per heavy atom. The van der Waals surface area contributed by atoms with Crippen molar-refractivity contribution in [2.24, 2.45) is 11.8 Å². The molecule has 6 nitrogen and oxygen atoms in total. The number of carbonyl (C=O) groups is 3. The smallest absolute Gasteiger partial charge is 0.307 e. The van der Waals surface area contributed by atoms with E-state index in [0.717, 1.165) is 18.7 Å². The van der Waals surface area contributed by atoms with Crippen LogP contribution in [0.1, 0.15) is 19.3 Å². The van der Waals surface area contributed by atoms with Gasteiger partial charge in [0.1, 0.15) is 0 Å². The molecule has 2 atom stereocenters. The van der Waals surface area contributed by atoms with Crippen LogP contribution in [-0.2, 0) is 14.4 Å². The quantitative estimate of drug-likeness (QED) is 0.878. The van der Waals surface area contributed by atoms with E-state index in [1.165, 1.54) is 0 Å². The van der Waals surface area contributed by atoms with Gasteiger partial charge in [0.05, 0.1) is 11.8 Å². The van der Waals surface area contributed by atoms with Crippen LogP contribution in [0.3, 0.4) is 0 Å². The first-order chi connectivity index (χ1) is 10.1. The molecule has 2 unspecified atom stereocenters. The zero-order valence-corrected chi connectivity index (χ0v) is 11.4. The minimum atomic E-state index is -0.918. The Hall–Kier alpha value is -2.37. The van der Waals surface area contributed by atoms with Gasteiger partial charge in [-0.1, -0.05) is 0 Å². The third-order valence-electron chi connectivity index (χ3n) is 3.96. The van der Waals surface area contributed by atoms with Crippen molar-refractivity contribution in [1.82, 2.24) is 0 Å². The van der Waals surface area contributed by atoms with Crippen molar-refractivity contribution in [2.45, 2.75) is 19.3 Å². The van der Waals surface area contributed by atoms with Crippen molar-refractivity contribution in [2.75, 3.05) is 16.8 Å². The molecule has 1 saturated carbocycles. The molecule has 1 aromatic rings. The van der Waals surface area contributed by atoms with Crippen molar-refractivity contribution in [1.29, 1.82) is 0 Å². The van der Waals surface area contributed by atoms with Gasteiger partial charge in [0, 0.05) is 24.3 Å². The molecule has 0 bridgehead atoms. The van der Waals surface area contributed by atoms with E-state index in [-0.39, 0.29) is 11.8 Å². The fraction of sp³-hybridized carbons (Fsp3) is 0.400. The lowest BCUT2D eigenvalue weighted by molar-refractivity contribution is -0.139.